The minimum absolute atomic E-state index is 0.0338. The van der Waals surface area contributed by atoms with Crippen LogP contribution in [0.4, 0.5) is 4.39 Å². The van der Waals surface area contributed by atoms with Gasteiger partial charge in [-0.15, -0.1) is 0 Å². The maximum atomic E-state index is 13.4. The van der Waals surface area contributed by atoms with Crippen molar-refractivity contribution in [1.29, 1.82) is 0 Å². The number of ether oxygens (including phenoxy) is 1. The fourth-order valence-corrected chi connectivity index (χ4v) is 2.96. The zero-order valence-electron chi connectivity index (χ0n) is 11.8. The molecule has 5 heteroatoms. The number of hydrogen-bond acceptors (Lipinski definition) is 2. The third kappa shape index (κ3) is 3.96. The quantitative estimate of drug-likeness (QED) is 0.817. The predicted molar refractivity (Wildman–Crippen MR) is 87.6 cm³/mol. The van der Waals surface area contributed by atoms with E-state index >= 15 is 0 Å². The molecule has 0 heterocycles. The smallest absolute Gasteiger partial charge is 0.133 e. The highest BCUT2D eigenvalue weighted by molar-refractivity contribution is 9.10. The van der Waals surface area contributed by atoms with E-state index in [9.17, 15) is 4.39 Å². The summed E-state index contributed by atoms with van der Waals surface area (Å²) in [4.78, 5) is 0. The molecule has 0 amide bonds. The van der Waals surface area contributed by atoms with Crippen LogP contribution in [0.25, 0.3) is 0 Å². The van der Waals surface area contributed by atoms with E-state index in [1.807, 2.05) is 25.2 Å². The summed E-state index contributed by atoms with van der Waals surface area (Å²) in [6.07, 6.45) is 0.603. The summed E-state index contributed by atoms with van der Waals surface area (Å²) >= 11 is 9.62. The zero-order chi connectivity index (χ0) is 15.4. The maximum Gasteiger partial charge on any atom is 0.133 e. The first-order valence-corrected chi connectivity index (χ1v) is 7.67. The normalized spacial score (nSPS) is 12.2. The Balaban J connectivity index is 2.27. The van der Waals surface area contributed by atoms with E-state index in [0.717, 1.165) is 21.3 Å². The average Bonchev–Trinajstić information content (AvgIpc) is 2.48. The lowest BCUT2D eigenvalue weighted by Crippen LogP contribution is -2.19. The molecule has 0 saturated heterocycles. The Morgan fingerprint density at radius 3 is 2.67 bits per heavy atom. The summed E-state index contributed by atoms with van der Waals surface area (Å²) in [6, 6.07) is 10.3. The molecular formula is C16H16BrClFNO. The number of hydrogen-bond donors (Lipinski definition) is 1. The molecular weight excluding hydrogens is 357 g/mol. The van der Waals surface area contributed by atoms with Crippen LogP contribution >= 0.6 is 27.5 Å². The summed E-state index contributed by atoms with van der Waals surface area (Å²) in [5, 5.41) is 3.81. The van der Waals surface area contributed by atoms with Crippen molar-refractivity contribution < 1.29 is 9.13 Å². The Kier molecular flexibility index (Phi) is 5.62. The van der Waals surface area contributed by atoms with Gasteiger partial charge in [0.15, 0.2) is 0 Å². The van der Waals surface area contributed by atoms with Gasteiger partial charge in [0.1, 0.15) is 11.6 Å². The lowest BCUT2D eigenvalue weighted by molar-refractivity contribution is 0.411. The topological polar surface area (TPSA) is 21.3 Å². The number of likely N-dealkylation sites (N-methyl/N-ethyl adjacent to an activating group) is 1. The molecule has 0 aliphatic carbocycles. The molecule has 112 valence electrons. The van der Waals surface area contributed by atoms with Crippen LogP contribution in [-0.2, 0) is 6.42 Å². The molecule has 1 N–H and O–H groups in total. The van der Waals surface area contributed by atoms with E-state index in [2.05, 4.69) is 21.2 Å². The predicted octanol–water partition coefficient (Wildman–Crippen LogP) is 4.75. The molecule has 1 unspecified atom stereocenters. The van der Waals surface area contributed by atoms with Gasteiger partial charge in [0.05, 0.1) is 11.6 Å². The second-order valence-electron chi connectivity index (χ2n) is 4.68. The van der Waals surface area contributed by atoms with Gasteiger partial charge in [-0.05, 0) is 70.9 Å². The first kappa shape index (κ1) is 16.3. The molecule has 2 aromatic carbocycles. The van der Waals surface area contributed by atoms with Crippen molar-refractivity contribution in [2.24, 2.45) is 0 Å². The Labute approximate surface area is 137 Å². The van der Waals surface area contributed by atoms with E-state index in [1.54, 1.807) is 13.2 Å². The monoisotopic (exact) mass is 371 g/mol. The number of rotatable bonds is 5. The second kappa shape index (κ2) is 7.25. The van der Waals surface area contributed by atoms with Crippen LogP contribution in [0.3, 0.4) is 0 Å². The van der Waals surface area contributed by atoms with Crippen LogP contribution in [-0.4, -0.2) is 14.2 Å². The molecule has 21 heavy (non-hydrogen) atoms. The van der Waals surface area contributed by atoms with Gasteiger partial charge < -0.3 is 10.1 Å². The third-order valence-corrected chi connectivity index (χ3v) is 4.35. The molecule has 2 nitrogen and oxygen atoms in total. The summed E-state index contributed by atoms with van der Waals surface area (Å²) in [7, 11) is 3.50. The highest BCUT2D eigenvalue weighted by Crippen LogP contribution is 2.30. The van der Waals surface area contributed by atoms with Crippen LogP contribution in [0.15, 0.2) is 40.9 Å². The zero-order valence-corrected chi connectivity index (χ0v) is 14.1. The van der Waals surface area contributed by atoms with Gasteiger partial charge in [-0.1, -0.05) is 17.7 Å². The SMILES string of the molecule is CNC(Cc1cc(F)ccc1Cl)c1ccc(OC)c(Br)c1. The molecule has 0 aromatic heterocycles. The first-order chi connectivity index (χ1) is 10.0. The van der Waals surface area contributed by atoms with Gasteiger partial charge in [-0.2, -0.15) is 0 Å². The van der Waals surface area contributed by atoms with E-state index in [0.29, 0.717) is 11.4 Å². The van der Waals surface area contributed by atoms with Gasteiger partial charge in [0.25, 0.3) is 0 Å². The standard InChI is InChI=1S/C16H16BrClFNO/c1-20-15(9-11-7-12(19)4-5-14(11)18)10-3-6-16(21-2)13(17)8-10/h3-8,15,20H,9H2,1-2H3. The van der Waals surface area contributed by atoms with Gasteiger partial charge in [-0.3, -0.25) is 0 Å². The minimum Gasteiger partial charge on any atom is -0.496 e. The minimum atomic E-state index is -0.278. The summed E-state index contributed by atoms with van der Waals surface area (Å²) in [5.41, 5.74) is 1.86. The van der Waals surface area contributed by atoms with Crippen LogP contribution in [0.5, 0.6) is 5.75 Å². The van der Waals surface area contributed by atoms with Crippen molar-refractivity contribution in [3.05, 3.63) is 62.8 Å². The van der Waals surface area contributed by atoms with Gasteiger partial charge in [0, 0.05) is 11.1 Å². The lowest BCUT2D eigenvalue weighted by Gasteiger charge is -2.18. The number of methoxy groups -OCH3 is 1. The van der Waals surface area contributed by atoms with Crippen LogP contribution in [0.2, 0.25) is 5.02 Å². The van der Waals surface area contributed by atoms with Gasteiger partial charge in [-0.25, -0.2) is 4.39 Å². The van der Waals surface area contributed by atoms with Crippen molar-refractivity contribution in [3.8, 4) is 5.75 Å². The lowest BCUT2D eigenvalue weighted by atomic mass is 9.99. The van der Waals surface area contributed by atoms with Crippen molar-refractivity contribution in [2.45, 2.75) is 12.5 Å². The van der Waals surface area contributed by atoms with Crippen LogP contribution < -0.4 is 10.1 Å². The van der Waals surface area contributed by atoms with Crippen molar-refractivity contribution >= 4 is 27.5 Å². The summed E-state index contributed by atoms with van der Waals surface area (Å²) < 4.78 is 19.5. The Morgan fingerprint density at radius 1 is 1.29 bits per heavy atom. The second-order valence-corrected chi connectivity index (χ2v) is 5.94. The third-order valence-electron chi connectivity index (χ3n) is 3.36. The van der Waals surface area contributed by atoms with E-state index in [4.69, 9.17) is 16.3 Å². The van der Waals surface area contributed by atoms with Crippen LogP contribution in [0.1, 0.15) is 17.2 Å². The molecule has 0 bridgehead atoms. The number of nitrogens with one attached hydrogen (secondary N) is 1. The largest absolute Gasteiger partial charge is 0.496 e. The first-order valence-electron chi connectivity index (χ1n) is 6.49. The molecule has 0 fully saturated rings. The average molecular weight is 373 g/mol. The van der Waals surface area contributed by atoms with E-state index < -0.39 is 0 Å². The van der Waals surface area contributed by atoms with E-state index in [-0.39, 0.29) is 11.9 Å². The highest BCUT2D eigenvalue weighted by atomic mass is 79.9. The Morgan fingerprint density at radius 2 is 2.05 bits per heavy atom. The number of halogens is 3. The Hall–Kier alpha value is -1.10. The van der Waals surface area contributed by atoms with Crippen molar-refractivity contribution in [1.82, 2.24) is 5.32 Å². The Bertz CT molecular complexity index is 636. The molecule has 0 aliphatic rings. The maximum absolute atomic E-state index is 13.4. The summed E-state index contributed by atoms with van der Waals surface area (Å²) in [6.45, 7) is 0. The molecule has 0 saturated carbocycles. The van der Waals surface area contributed by atoms with Crippen LogP contribution in [0, 0.1) is 5.82 Å². The molecule has 0 aliphatic heterocycles. The fraction of sp³-hybridized carbons (Fsp3) is 0.250. The van der Waals surface area contributed by atoms with Crippen molar-refractivity contribution in [2.75, 3.05) is 14.2 Å². The highest BCUT2D eigenvalue weighted by Gasteiger charge is 2.14. The molecule has 1 atom stereocenters. The summed E-state index contributed by atoms with van der Waals surface area (Å²) in [5.74, 6) is 0.498. The molecule has 0 spiro atoms. The molecule has 2 aromatic rings. The number of benzene rings is 2. The molecule has 0 radical (unpaired) electrons. The van der Waals surface area contributed by atoms with Gasteiger partial charge in [0.2, 0.25) is 0 Å². The van der Waals surface area contributed by atoms with Crippen molar-refractivity contribution in [3.63, 3.8) is 0 Å². The van der Waals surface area contributed by atoms with Gasteiger partial charge >= 0.3 is 0 Å². The fourth-order valence-electron chi connectivity index (χ4n) is 2.21. The van der Waals surface area contributed by atoms with E-state index in [1.165, 1.54) is 12.1 Å². The molecule has 2 rings (SSSR count).